The van der Waals surface area contributed by atoms with E-state index in [9.17, 15) is 23.3 Å². The van der Waals surface area contributed by atoms with E-state index in [1.807, 2.05) is 43.9 Å². The summed E-state index contributed by atoms with van der Waals surface area (Å²) in [4.78, 5) is 6.47. The van der Waals surface area contributed by atoms with Crippen LogP contribution in [0.15, 0.2) is 36.8 Å². The summed E-state index contributed by atoms with van der Waals surface area (Å²) in [6.07, 6.45) is 4.28. The SMILES string of the molecule is CCOc1cc(-c2ccc(N3CC[C@H](N(CC(C)C)S(=O)(=O)O)[C@@H](O)C3)nc2)c2c(C#N)cnn2c1. The first kappa shape index (κ1) is 25.8. The lowest BCUT2D eigenvalue weighted by Crippen LogP contribution is -2.56. The van der Waals surface area contributed by atoms with Crippen LogP contribution in [0.1, 0.15) is 32.8 Å². The lowest BCUT2D eigenvalue weighted by molar-refractivity contribution is 0.0674. The van der Waals surface area contributed by atoms with Crippen LogP contribution in [0.4, 0.5) is 5.82 Å². The van der Waals surface area contributed by atoms with Crippen molar-refractivity contribution >= 4 is 21.6 Å². The van der Waals surface area contributed by atoms with Gasteiger partial charge in [-0.3, -0.25) is 4.55 Å². The fraction of sp³-hybridized carbons (Fsp3) is 0.458. The largest absolute Gasteiger partial charge is 0.492 e. The maximum atomic E-state index is 11.9. The molecule has 0 spiro atoms. The summed E-state index contributed by atoms with van der Waals surface area (Å²) in [5.41, 5.74) is 2.62. The van der Waals surface area contributed by atoms with Crippen molar-refractivity contribution < 1.29 is 22.8 Å². The van der Waals surface area contributed by atoms with Crippen LogP contribution < -0.4 is 9.64 Å². The zero-order valence-electron chi connectivity index (χ0n) is 20.4. The van der Waals surface area contributed by atoms with Crippen LogP contribution in [0.25, 0.3) is 16.6 Å². The van der Waals surface area contributed by atoms with Gasteiger partial charge < -0.3 is 14.7 Å². The van der Waals surface area contributed by atoms with Gasteiger partial charge in [0.2, 0.25) is 0 Å². The molecule has 0 radical (unpaired) electrons. The molecular weight excluding hydrogens is 484 g/mol. The number of anilines is 1. The van der Waals surface area contributed by atoms with Gasteiger partial charge in [0.15, 0.2) is 0 Å². The van der Waals surface area contributed by atoms with Crippen molar-refractivity contribution in [2.45, 2.75) is 39.3 Å². The summed E-state index contributed by atoms with van der Waals surface area (Å²) < 4.78 is 41.8. The van der Waals surface area contributed by atoms with Crippen LogP contribution in [0.3, 0.4) is 0 Å². The van der Waals surface area contributed by atoms with Gasteiger partial charge >= 0.3 is 10.3 Å². The zero-order chi connectivity index (χ0) is 26.0. The number of hydrogen-bond donors (Lipinski definition) is 2. The highest BCUT2D eigenvalue weighted by Gasteiger charge is 2.38. The van der Waals surface area contributed by atoms with Gasteiger partial charge in [0.05, 0.1) is 42.2 Å². The molecule has 0 bridgehead atoms. The summed E-state index contributed by atoms with van der Waals surface area (Å²) in [7, 11) is -4.44. The van der Waals surface area contributed by atoms with Crippen molar-refractivity contribution in [3.05, 3.63) is 42.4 Å². The number of ether oxygens (including phenoxy) is 1. The fourth-order valence-electron chi connectivity index (χ4n) is 4.60. The van der Waals surface area contributed by atoms with Gasteiger partial charge in [-0.1, -0.05) is 13.8 Å². The fourth-order valence-corrected chi connectivity index (χ4v) is 5.68. The minimum atomic E-state index is -4.44. The van der Waals surface area contributed by atoms with Crippen molar-refractivity contribution in [2.24, 2.45) is 5.92 Å². The molecule has 2 atom stereocenters. The summed E-state index contributed by atoms with van der Waals surface area (Å²) in [5, 5.41) is 24.6. The molecular formula is C24H30N6O5S. The summed E-state index contributed by atoms with van der Waals surface area (Å²) in [6.45, 7) is 6.84. The molecule has 1 fully saturated rings. The number of β-amino-alcohol motifs (C(OH)–C–C–N with tert-alkyl or cyclic N) is 1. The third kappa shape index (κ3) is 5.29. The zero-order valence-corrected chi connectivity index (χ0v) is 21.3. The minimum Gasteiger partial charge on any atom is -0.492 e. The Hall–Kier alpha value is -3.24. The van der Waals surface area contributed by atoms with Crippen molar-refractivity contribution in [1.29, 1.82) is 5.26 Å². The molecule has 11 nitrogen and oxygen atoms in total. The number of pyridine rings is 2. The summed E-state index contributed by atoms with van der Waals surface area (Å²) in [6, 6.07) is 7.01. The number of piperidine rings is 1. The number of aromatic nitrogens is 3. The van der Waals surface area contributed by atoms with Crippen LogP contribution in [-0.2, 0) is 10.3 Å². The molecule has 1 aliphatic rings. The molecule has 2 N–H and O–H groups in total. The average molecular weight is 515 g/mol. The topological polar surface area (TPSA) is 144 Å². The van der Waals surface area contributed by atoms with Gasteiger partial charge in [0, 0.05) is 37.0 Å². The highest BCUT2D eigenvalue weighted by molar-refractivity contribution is 7.83. The van der Waals surface area contributed by atoms with Gasteiger partial charge in [0.1, 0.15) is 17.6 Å². The van der Waals surface area contributed by atoms with Crippen LogP contribution in [0.2, 0.25) is 0 Å². The Morgan fingerprint density at radius 2 is 2.11 bits per heavy atom. The van der Waals surface area contributed by atoms with E-state index < -0.39 is 22.4 Å². The third-order valence-corrected chi connectivity index (χ3v) is 7.17. The van der Waals surface area contributed by atoms with Crippen molar-refractivity contribution in [2.75, 3.05) is 31.1 Å². The molecule has 3 aromatic heterocycles. The lowest BCUT2D eigenvalue weighted by atomic mass is 10.0. The highest BCUT2D eigenvalue weighted by atomic mass is 32.2. The Balaban J connectivity index is 1.58. The number of hydrogen-bond acceptors (Lipinski definition) is 8. The third-order valence-electron chi connectivity index (χ3n) is 6.16. The van der Waals surface area contributed by atoms with Crippen LogP contribution in [-0.4, -0.2) is 75.4 Å². The molecule has 1 aliphatic heterocycles. The Kier molecular flexibility index (Phi) is 7.46. The van der Waals surface area contributed by atoms with E-state index in [4.69, 9.17) is 4.74 Å². The Labute approximate surface area is 210 Å². The van der Waals surface area contributed by atoms with Gasteiger partial charge in [-0.2, -0.15) is 23.1 Å². The summed E-state index contributed by atoms with van der Waals surface area (Å²) in [5.74, 6) is 1.24. The van der Waals surface area contributed by atoms with Gasteiger partial charge in [-0.25, -0.2) is 9.50 Å². The van der Waals surface area contributed by atoms with Crippen LogP contribution in [0, 0.1) is 17.2 Å². The maximum Gasteiger partial charge on any atom is 0.336 e. The molecule has 0 saturated carbocycles. The first-order chi connectivity index (χ1) is 17.1. The number of rotatable bonds is 8. The van der Waals surface area contributed by atoms with Crippen LogP contribution >= 0.6 is 0 Å². The lowest BCUT2D eigenvalue weighted by Gasteiger charge is -2.41. The Morgan fingerprint density at radius 3 is 2.69 bits per heavy atom. The van der Waals surface area contributed by atoms with Crippen LogP contribution in [0.5, 0.6) is 5.75 Å². The molecule has 4 heterocycles. The number of nitrogens with zero attached hydrogens (tertiary/aromatic N) is 6. The van der Waals surface area contributed by atoms with Crippen molar-refractivity contribution in [3.8, 4) is 22.9 Å². The smallest absolute Gasteiger partial charge is 0.336 e. The van der Waals surface area contributed by atoms with E-state index in [-0.39, 0.29) is 19.0 Å². The monoisotopic (exact) mass is 514 g/mol. The Bertz CT molecular complexity index is 1370. The molecule has 0 amide bonds. The predicted molar refractivity (Wildman–Crippen MR) is 134 cm³/mol. The minimum absolute atomic E-state index is 0.00333. The molecule has 4 rings (SSSR count). The number of aliphatic hydroxyl groups excluding tert-OH is 1. The number of nitriles is 1. The molecule has 0 aliphatic carbocycles. The van der Waals surface area contributed by atoms with E-state index in [2.05, 4.69) is 16.2 Å². The number of fused-ring (bicyclic) bond motifs is 1. The standard InChI is InChI=1S/C24H30N6O5S/c1-4-35-19-9-20(24-18(10-25)12-27-29(24)14-19)17-5-6-23(26-11-17)28-8-7-21(22(31)15-28)30(13-16(2)3)36(32,33)34/h5-6,9,11-12,14,16,21-22,31H,4,7-8,13,15H2,1-3H3,(H,32,33,34)/t21-,22-/m0/s1. The first-order valence-corrected chi connectivity index (χ1v) is 13.2. The molecule has 3 aromatic rings. The molecule has 0 unspecified atom stereocenters. The van der Waals surface area contributed by atoms with Gasteiger partial charge in [0.25, 0.3) is 0 Å². The van der Waals surface area contributed by atoms with Crippen molar-refractivity contribution in [3.63, 3.8) is 0 Å². The highest BCUT2D eigenvalue weighted by Crippen LogP contribution is 2.32. The Morgan fingerprint density at radius 1 is 1.33 bits per heavy atom. The second-order valence-electron chi connectivity index (χ2n) is 9.20. The molecule has 0 aromatic carbocycles. The van der Waals surface area contributed by atoms with E-state index in [1.54, 1.807) is 16.9 Å². The normalized spacial score (nSPS) is 18.7. The van der Waals surface area contributed by atoms with Gasteiger partial charge in [-0.15, -0.1) is 0 Å². The van der Waals surface area contributed by atoms with E-state index in [1.165, 1.54) is 6.20 Å². The quantitative estimate of drug-likeness (QED) is 0.433. The number of aliphatic hydroxyl groups is 1. The van der Waals surface area contributed by atoms with E-state index >= 15 is 0 Å². The first-order valence-electron chi connectivity index (χ1n) is 11.8. The predicted octanol–water partition coefficient (Wildman–Crippen LogP) is 2.37. The van der Waals surface area contributed by atoms with Crippen molar-refractivity contribution in [1.82, 2.24) is 18.9 Å². The second-order valence-corrected chi connectivity index (χ2v) is 10.6. The molecule has 192 valence electrons. The molecule has 12 heteroatoms. The second kappa shape index (κ2) is 10.4. The molecule has 1 saturated heterocycles. The van der Waals surface area contributed by atoms with E-state index in [0.29, 0.717) is 42.2 Å². The van der Waals surface area contributed by atoms with Gasteiger partial charge in [-0.05, 0) is 37.5 Å². The molecule has 36 heavy (non-hydrogen) atoms. The summed E-state index contributed by atoms with van der Waals surface area (Å²) >= 11 is 0. The maximum absolute atomic E-state index is 11.9. The average Bonchev–Trinajstić information content (AvgIpc) is 3.25. The van der Waals surface area contributed by atoms with E-state index in [0.717, 1.165) is 15.4 Å².